The zero-order valence-corrected chi connectivity index (χ0v) is 17.6. The summed E-state index contributed by atoms with van der Waals surface area (Å²) in [5.74, 6) is 0. The van der Waals surface area contributed by atoms with Gasteiger partial charge in [-0.05, 0) is 43.5 Å². The van der Waals surface area contributed by atoms with Gasteiger partial charge in [-0.25, -0.2) is 0 Å². The van der Waals surface area contributed by atoms with Crippen molar-refractivity contribution in [1.29, 1.82) is 0 Å². The molecule has 0 fully saturated rings. The number of aromatic nitrogens is 1. The number of benzene rings is 3. The van der Waals surface area contributed by atoms with Gasteiger partial charge < -0.3 is 4.98 Å². The van der Waals surface area contributed by atoms with Gasteiger partial charge in [0.25, 0.3) is 0 Å². The number of hydrogen-bond acceptors (Lipinski definition) is 2. The molecule has 3 heterocycles. The van der Waals surface area contributed by atoms with Crippen molar-refractivity contribution in [2.75, 3.05) is 0 Å². The molecule has 1 nitrogen and oxygen atoms in total. The van der Waals surface area contributed by atoms with E-state index in [0.29, 0.717) is 0 Å². The molecule has 1 N–H and O–H groups in total. The molecule has 0 saturated carbocycles. The Labute approximate surface area is 171 Å². The van der Waals surface area contributed by atoms with Crippen molar-refractivity contribution in [2.45, 2.75) is 20.8 Å². The zero-order chi connectivity index (χ0) is 19.0. The summed E-state index contributed by atoms with van der Waals surface area (Å²) in [4.78, 5) is 6.29. The molecular weight excluding hydrogens is 378 g/mol. The fourth-order valence-corrected chi connectivity index (χ4v) is 7.15. The van der Waals surface area contributed by atoms with Crippen LogP contribution in [0.25, 0.3) is 51.7 Å². The average molecular weight is 398 g/mol. The number of aryl methyl sites for hydroxylation is 3. The maximum Gasteiger partial charge on any atom is 0.103 e. The molecule has 6 rings (SSSR count). The van der Waals surface area contributed by atoms with Gasteiger partial charge in [-0.2, -0.15) is 0 Å². The van der Waals surface area contributed by atoms with Crippen LogP contribution < -0.4 is 0 Å². The first-order valence-corrected chi connectivity index (χ1v) is 11.2. The van der Waals surface area contributed by atoms with Crippen molar-refractivity contribution in [2.24, 2.45) is 0 Å². The Morgan fingerprint density at radius 3 is 2.21 bits per heavy atom. The van der Waals surface area contributed by atoms with Crippen LogP contribution in [0.5, 0.6) is 0 Å². The van der Waals surface area contributed by atoms with Crippen molar-refractivity contribution in [3.05, 3.63) is 71.3 Å². The maximum absolute atomic E-state index is 3.71. The van der Waals surface area contributed by atoms with Gasteiger partial charge in [0.1, 0.15) is 9.66 Å². The second kappa shape index (κ2) is 5.69. The summed E-state index contributed by atoms with van der Waals surface area (Å²) in [7, 11) is 0. The second-order valence-corrected chi connectivity index (χ2v) is 9.76. The molecule has 3 aromatic heterocycles. The topological polar surface area (TPSA) is 15.8 Å². The molecule has 0 spiro atoms. The third-order valence-electron chi connectivity index (χ3n) is 5.73. The van der Waals surface area contributed by atoms with Crippen LogP contribution in [0, 0.1) is 20.8 Å². The smallest absolute Gasteiger partial charge is 0.103 e. The van der Waals surface area contributed by atoms with Crippen molar-refractivity contribution < 1.29 is 0 Å². The van der Waals surface area contributed by atoms with Crippen LogP contribution >= 0.6 is 22.7 Å². The number of thiophene rings is 2. The number of H-pyrrole nitrogens is 1. The molecule has 0 radical (unpaired) electrons. The lowest BCUT2D eigenvalue weighted by molar-refractivity contribution is 1.32. The highest BCUT2D eigenvalue weighted by molar-refractivity contribution is 7.28. The normalized spacial score (nSPS) is 12.1. The van der Waals surface area contributed by atoms with Crippen LogP contribution in [0.4, 0.5) is 0 Å². The third kappa shape index (κ3) is 2.12. The molecule has 0 aliphatic heterocycles. The first-order valence-electron chi connectivity index (χ1n) is 9.54. The Bertz CT molecular complexity index is 1520. The summed E-state index contributed by atoms with van der Waals surface area (Å²) in [5, 5.41) is 5.50. The molecule has 0 aliphatic carbocycles. The van der Waals surface area contributed by atoms with E-state index in [1.165, 1.54) is 68.4 Å². The van der Waals surface area contributed by atoms with E-state index in [2.05, 4.69) is 80.4 Å². The molecule has 0 atom stereocenters. The first kappa shape index (κ1) is 16.3. The SMILES string of the molecule is Cc1cc(C)c(-c2cccc3c2sc2[nH]c4sc5ccccc5c4c23)c(C)c1. The van der Waals surface area contributed by atoms with Crippen LogP contribution in [-0.4, -0.2) is 4.98 Å². The van der Waals surface area contributed by atoms with Crippen molar-refractivity contribution in [3.8, 4) is 11.1 Å². The van der Waals surface area contributed by atoms with Crippen molar-refractivity contribution in [3.63, 3.8) is 0 Å². The van der Waals surface area contributed by atoms with Crippen molar-refractivity contribution in [1.82, 2.24) is 4.98 Å². The number of rotatable bonds is 1. The van der Waals surface area contributed by atoms with E-state index in [0.717, 1.165) is 0 Å². The number of nitrogens with one attached hydrogen (secondary N) is 1. The van der Waals surface area contributed by atoms with E-state index in [-0.39, 0.29) is 0 Å². The van der Waals surface area contributed by atoms with Crippen LogP contribution in [0.3, 0.4) is 0 Å². The van der Waals surface area contributed by atoms with E-state index < -0.39 is 0 Å². The predicted molar refractivity (Wildman–Crippen MR) is 126 cm³/mol. The summed E-state index contributed by atoms with van der Waals surface area (Å²) in [6, 6.07) is 20.1. The highest BCUT2D eigenvalue weighted by atomic mass is 32.1. The van der Waals surface area contributed by atoms with Gasteiger partial charge in [0.15, 0.2) is 0 Å². The molecule has 0 saturated heterocycles. The summed E-state index contributed by atoms with van der Waals surface area (Å²) in [6.07, 6.45) is 0. The zero-order valence-electron chi connectivity index (χ0n) is 16.0. The molecular formula is C25H19NS2. The Morgan fingerprint density at radius 1 is 0.714 bits per heavy atom. The molecule has 0 aliphatic rings. The molecule has 6 aromatic rings. The number of hydrogen-bond donors (Lipinski definition) is 1. The largest absolute Gasteiger partial charge is 0.338 e. The predicted octanol–water partition coefficient (Wildman–Crippen LogP) is 8.34. The second-order valence-electron chi connectivity index (χ2n) is 7.69. The molecule has 136 valence electrons. The number of aromatic amines is 1. The molecule has 0 amide bonds. The van der Waals surface area contributed by atoms with Crippen LogP contribution in [0.1, 0.15) is 16.7 Å². The third-order valence-corrected chi connectivity index (χ3v) is 7.97. The van der Waals surface area contributed by atoms with E-state index in [4.69, 9.17) is 0 Å². The van der Waals surface area contributed by atoms with E-state index in [1.54, 1.807) is 0 Å². The highest BCUT2D eigenvalue weighted by Gasteiger charge is 2.19. The monoisotopic (exact) mass is 397 g/mol. The minimum Gasteiger partial charge on any atom is -0.338 e. The Morgan fingerprint density at radius 2 is 1.39 bits per heavy atom. The summed E-state index contributed by atoms with van der Waals surface area (Å²) in [5.41, 5.74) is 6.78. The van der Waals surface area contributed by atoms with Gasteiger partial charge in [-0.15, -0.1) is 22.7 Å². The molecule has 0 unspecified atom stereocenters. The molecule has 28 heavy (non-hydrogen) atoms. The van der Waals surface area contributed by atoms with Gasteiger partial charge in [-0.3, -0.25) is 0 Å². The average Bonchev–Trinajstić information content (AvgIpc) is 3.28. The minimum absolute atomic E-state index is 1.29. The van der Waals surface area contributed by atoms with Gasteiger partial charge in [0, 0.05) is 36.5 Å². The molecule has 3 heteroatoms. The van der Waals surface area contributed by atoms with E-state index >= 15 is 0 Å². The van der Waals surface area contributed by atoms with Crippen LogP contribution in [-0.2, 0) is 0 Å². The minimum atomic E-state index is 1.29. The first-order chi connectivity index (χ1) is 13.6. The van der Waals surface area contributed by atoms with Crippen LogP contribution in [0.2, 0.25) is 0 Å². The van der Waals surface area contributed by atoms with E-state index in [1.807, 2.05) is 22.7 Å². The van der Waals surface area contributed by atoms with E-state index in [9.17, 15) is 0 Å². The summed E-state index contributed by atoms with van der Waals surface area (Å²) < 4.78 is 2.74. The van der Waals surface area contributed by atoms with Gasteiger partial charge in [-0.1, -0.05) is 54.1 Å². The summed E-state index contributed by atoms with van der Waals surface area (Å²) in [6.45, 7) is 6.65. The standard InChI is InChI=1S/C25H19NS2/c1-13-11-14(2)20(15(3)12-13)17-8-6-9-18-22-21-16-7-4-5-10-19(16)27-24(21)26-25(22)28-23(17)18/h4-12,26H,1-3H3. The lowest BCUT2D eigenvalue weighted by Gasteiger charge is -2.12. The molecule has 3 aromatic carbocycles. The quantitative estimate of drug-likeness (QED) is 0.287. The Kier molecular flexibility index (Phi) is 3.32. The van der Waals surface area contributed by atoms with Crippen LogP contribution in [0.15, 0.2) is 54.6 Å². The maximum atomic E-state index is 3.71. The van der Waals surface area contributed by atoms with Crippen molar-refractivity contribution >= 4 is 63.3 Å². The summed E-state index contributed by atoms with van der Waals surface area (Å²) >= 11 is 3.75. The number of fused-ring (bicyclic) bond motifs is 7. The van der Waals surface area contributed by atoms with Gasteiger partial charge in [0.2, 0.25) is 0 Å². The fraction of sp³-hybridized carbons (Fsp3) is 0.120. The Hall–Kier alpha value is -2.62. The highest BCUT2D eigenvalue weighted by Crippen LogP contribution is 2.47. The van der Waals surface area contributed by atoms with Gasteiger partial charge >= 0.3 is 0 Å². The fourth-order valence-electron chi connectivity index (χ4n) is 4.74. The van der Waals surface area contributed by atoms with Gasteiger partial charge in [0.05, 0.1) is 0 Å². The molecule has 0 bridgehead atoms. The Balaban J connectivity index is 1.76. The lowest BCUT2D eigenvalue weighted by Crippen LogP contribution is -1.90. The lowest BCUT2D eigenvalue weighted by atomic mass is 9.93.